The first-order chi connectivity index (χ1) is 11.6. The summed E-state index contributed by atoms with van der Waals surface area (Å²) >= 11 is 0. The fraction of sp³-hybridized carbons (Fsp3) is 0.389. The Hall–Kier alpha value is -2.63. The third-order valence-electron chi connectivity index (χ3n) is 5.72. The molecule has 2 heterocycles. The van der Waals surface area contributed by atoms with Crippen LogP contribution >= 0.6 is 0 Å². The van der Waals surface area contributed by atoms with Crippen molar-refractivity contribution in [2.45, 2.75) is 13.0 Å². The summed E-state index contributed by atoms with van der Waals surface area (Å²) in [6, 6.07) is 7.82. The van der Waals surface area contributed by atoms with Crippen LogP contribution < -0.4 is 4.90 Å². The molecule has 6 heteroatoms. The Bertz CT molecular complexity index is 900. The second-order valence-corrected chi connectivity index (χ2v) is 6.88. The average molecular weight is 323 g/mol. The molecule has 2 bridgehead atoms. The number of benzene rings is 1. The van der Waals surface area contributed by atoms with Gasteiger partial charge in [-0.1, -0.05) is 24.3 Å². The van der Waals surface area contributed by atoms with Gasteiger partial charge in [0.15, 0.2) is 0 Å². The van der Waals surface area contributed by atoms with Crippen molar-refractivity contribution in [3.05, 3.63) is 36.4 Å². The molecule has 1 aromatic heterocycles. The topological polar surface area (TPSA) is 75.4 Å². The highest BCUT2D eigenvalue weighted by Gasteiger charge is 2.53. The number of nitrogens with zero attached hydrogens (tertiary/aromatic N) is 3. The van der Waals surface area contributed by atoms with E-state index in [0.29, 0.717) is 19.0 Å². The van der Waals surface area contributed by atoms with Gasteiger partial charge in [0, 0.05) is 13.1 Å². The molecular formula is C18H17N3O3. The number of allylic oxidation sites excluding steroid dienone is 2. The van der Waals surface area contributed by atoms with Crippen molar-refractivity contribution in [1.29, 1.82) is 0 Å². The van der Waals surface area contributed by atoms with E-state index in [9.17, 15) is 14.7 Å². The van der Waals surface area contributed by atoms with E-state index in [1.165, 1.54) is 0 Å². The number of rotatable bonds is 2. The van der Waals surface area contributed by atoms with E-state index in [-0.39, 0.29) is 17.7 Å². The van der Waals surface area contributed by atoms with Crippen molar-refractivity contribution < 1.29 is 14.7 Å². The number of amides is 1. The van der Waals surface area contributed by atoms with Crippen LogP contribution in [0.2, 0.25) is 0 Å². The van der Waals surface area contributed by atoms with E-state index in [2.05, 4.69) is 4.98 Å². The van der Waals surface area contributed by atoms with Crippen LogP contribution in [0.25, 0.3) is 11.0 Å². The minimum Gasteiger partial charge on any atom is -0.481 e. The zero-order valence-electron chi connectivity index (χ0n) is 13.0. The van der Waals surface area contributed by atoms with Crippen LogP contribution in [-0.4, -0.2) is 33.1 Å². The van der Waals surface area contributed by atoms with Gasteiger partial charge in [-0.05, 0) is 30.4 Å². The van der Waals surface area contributed by atoms with E-state index in [1.807, 2.05) is 41.0 Å². The maximum atomic E-state index is 13.2. The molecule has 1 fully saturated rings. The zero-order valence-corrected chi connectivity index (χ0v) is 13.0. The van der Waals surface area contributed by atoms with Gasteiger partial charge in [0.2, 0.25) is 11.9 Å². The normalized spacial score (nSPS) is 30.2. The van der Waals surface area contributed by atoms with Gasteiger partial charge >= 0.3 is 5.97 Å². The lowest BCUT2D eigenvalue weighted by atomic mass is 9.82. The quantitative estimate of drug-likeness (QED) is 0.857. The summed E-state index contributed by atoms with van der Waals surface area (Å²) in [7, 11) is 0. The number of carboxylic acids is 1. The number of fused-ring (bicyclic) bond motifs is 5. The molecule has 0 spiro atoms. The summed E-state index contributed by atoms with van der Waals surface area (Å²) in [6.07, 6.45) is 4.76. The predicted octanol–water partition coefficient (Wildman–Crippen LogP) is 1.91. The van der Waals surface area contributed by atoms with Crippen LogP contribution in [0, 0.1) is 23.7 Å². The number of carboxylic acid groups (broad SMARTS) is 1. The lowest BCUT2D eigenvalue weighted by Crippen LogP contribution is -2.42. The highest BCUT2D eigenvalue weighted by molar-refractivity contribution is 5.99. The highest BCUT2D eigenvalue weighted by atomic mass is 16.4. The van der Waals surface area contributed by atoms with Gasteiger partial charge < -0.3 is 9.67 Å². The summed E-state index contributed by atoms with van der Waals surface area (Å²) < 4.78 is 2.05. The molecule has 6 nitrogen and oxygen atoms in total. The molecule has 0 saturated heterocycles. The van der Waals surface area contributed by atoms with Crippen molar-refractivity contribution in [3.63, 3.8) is 0 Å². The van der Waals surface area contributed by atoms with Crippen molar-refractivity contribution in [1.82, 2.24) is 9.55 Å². The Morgan fingerprint density at radius 3 is 2.62 bits per heavy atom. The molecule has 1 N–H and O–H groups in total. The third kappa shape index (κ3) is 1.68. The third-order valence-corrected chi connectivity index (χ3v) is 5.72. The van der Waals surface area contributed by atoms with Gasteiger partial charge in [-0.25, -0.2) is 4.98 Å². The van der Waals surface area contributed by atoms with Gasteiger partial charge in [-0.3, -0.25) is 14.5 Å². The van der Waals surface area contributed by atoms with Crippen LogP contribution in [0.4, 0.5) is 5.95 Å². The van der Waals surface area contributed by atoms with E-state index in [0.717, 1.165) is 17.5 Å². The lowest BCUT2D eigenvalue weighted by molar-refractivity contribution is -0.147. The molecule has 4 atom stereocenters. The molecule has 2 aromatic rings. The summed E-state index contributed by atoms with van der Waals surface area (Å²) in [5, 5.41) is 9.58. The molecule has 1 aliphatic heterocycles. The summed E-state index contributed by atoms with van der Waals surface area (Å²) in [6.45, 7) is 1.27. The Kier molecular flexibility index (Phi) is 2.69. The second-order valence-electron chi connectivity index (χ2n) is 6.88. The monoisotopic (exact) mass is 323 g/mol. The van der Waals surface area contributed by atoms with Gasteiger partial charge in [0.05, 0.1) is 22.9 Å². The van der Waals surface area contributed by atoms with Gasteiger partial charge in [0.1, 0.15) is 0 Å². The minimum absolute atomic E-state index is 0.0112. The maximum absolute atomic E-state index is 13.2. The van der Waals surface area contributed by atoms with Crippen LogP contribution in [-0.2, 0) is 16.1 Å². The molecule has 1 amide bonds. The number of hydrogen-bond donors (Lipinski definition) is 1. The number of hydrogen-bond acceptors (Lipinski definition) is 3. The van der Waals surface area contributed by atoms with Crippen molar-refractivity contribution in [2.75, 3.05) is 11.4 Å². The zero-order chi connectivity index (χ0) is 16.4. The average Bonchev–Trinajstić information content (AvgIpc) is 3.32. The van der Waals surface area contributed by atoms with Crippen LogP contribution in [0.5, 0.6) is 0 Å². The van der Waals surface area contributed by atoms with E-state index in [1.54, 1.807) is 4.90 Å². The van der Waals surface area contributed by atoms with Crippen molar-refractivity contribution in [3.8, 4) is 0 Å². The van der Waals surface area contributed by atoms with Gasteiger partial charge in [-0.2, -0.15) is 0 Å². The van der Waals surface area contributed by atoms with E-state index >= 15 is 0 Å². The van der Waals surface area contributed by atoms with Crippen LogP contribution in [0.1, 0.15) is 6.42 Å². The number of aliphatic carboxylic acids is 1. The second kappa shape index (κ2) is 4.69. The SMILES string of the molecule is O=C(O)C1C2C=CC(C2)C1C(=O)N1CCn2c1nc1ccccc12. The number of carbonyl (C=O) groups is 2. The minimum atomic E-state index is -0.863. The summed E-state index contributed by atoms with van der Waals surface area (Å²) in [4.78, 5) is 31.1. The first-order valence-corrected chi connectivity index (χ1v) is 8.33. The van der Waals surface area contributed by atoms with Crippen LogP contribution in [0.3, 0.4) is 0 Å². The smallest absolute Gasteiger partial charge is 0.307 e. The Morgan fingerprint density at radius 1 is 1.08 bits per heavy atom. The van der Waals surface area contributed by atoms with Gasteiger partial charge in [0.25, 0.3) is 0 Å². The molecule has 5 rings (SSSR count). The summed E-state index contributed by atoms with van der Waals surface area (Å²) in [5.41, 5.74) is 1.89. The molecule has 2 aliphatic carbocycles. The van der Waals surface area contributed by atoms with Gasteiger partial charge in [-0.15, -0.1) is 0 Å². The number of imidazole rings is 1. The molecule has 24 heavy (non-hydrogen) atoms. The van der Waals surface area contributed by atoms with Crippen LogP contribution in [0.15, 0.2) is 36.4 Å². The highest BCUT2D eigenvalue weighted by Crippen LogP contribution is 2.49. The Balaban J connectivity index is 1.53. The Morgan fingerprint density at radius 2 is 1.83 bits per heavy atom. The largest absolute Gasteiger partial charge is 0.481 e. The summed E-state index contributed by atoms with van der Waals surface area (Å²) in [5.74, 6) is -1.34. The fourth-order valence-corrected chi connectivity index (χ4v) is 4.67. The molecule has 4 unspecified atom stereocenters. The van der Waals surface area contributed by atoms with Crippen molar-refractivity contribution >= 4 is 28.9 Å². The molecular weight excluding hydrogens is 306 g/mol. The molecule has 122 valence electrons. The van der Waals surface area contributed by atoms with E-state index in [4.69, 9.17) is 0 Å². The van der Waals surface area contributed by atoms with E-state index < -0.39 is 17.8 Å². The number of aromatic nitrogens is 2. The predicted molar refractivity (Wildman–Crippen MR) is 87.4 cm³/mol. The Labute approximate surface area is 138 Å². The fourth-order valence-electron chi connectivity index (χ4n) is 4.67. The molecule has 1 saturated carbocycles. The molecule has 1 aromatic carbocycles. The number of para-hydroxylation sites is 2. The molecule has 0 radical (unpaired) electrons. The standard InChI is InChI=1S/C18H17N3O3/c22-16(14-10-5-6-11(9-10)15(14)17(23)24)21-8-7-20-13-4-2-1-3-12(13)19-18(20)21/h1-6,10-11,14-15H,7-9H2,(H,23,24). The first-order valence-electron chi connectivity index (χ1n) is 8.33. The maximum Gasteiger partial charge on any atom is 0.307 e. The van der Waals surface area contributed by atoms with Crippen molar-refractivity contribution in [2.24, 2.45) is 23.7 Å². The number of carbonyl (C=O) groups excluding carboxylic acids is 1. The number of anilines is 1. The lowest BCUT2D eigenvalue weighted by Gasteiger charge is -2.27. The first kappa shape index (κ1) is 13.8. The molecule has 3 aliphatic rings.